The first-order valence-corrected chi connectivity index (χ1v) is 10.7. The van der Waals surface area contributed by atoms with Crippen molar-refractivity contribution in [2.24, 2.45) is 0 Å². The molecule has 0 aromatic heterocycles. The van der Waals surface area contributed by atoms with Gasteiger partial charge in [0, 0.05) is 35.8 Å². The van der Waals surface area contributed by atoms with Gasteiger partial charge in [-0.3, -0.25) is 9.59 Å². The Kier molecular flexibility index (Phi) is 8.68. The van der Waals surface area contributed by atoms with Crippen molar-refractivity contribution >= 4 is 23.5 Å². The highest BCUT2D eigenvalue weighted by molar-refractivity contribution is 5.94. The molecule has 2 N–H and O–H groups in total. The maximum absolute atomic E-state index is 13.6. The lowest BCUT2D eigenvalue weighted by Gasteiger charge is -2.07. The van der Waals surface area contributed by atoms with Crippen LogP contribution >= 0.6 is 0 Å². The zero-order valence-electron chi connectivity index (χ0n) is 18.9. The summed E-state index contributed by atoms with van der Waals surface area (Å²) in [5, 5.41) is 5.27. The SMILES string of the molecule is COC(=O)c1cccc(C#Cc2cccc(NC(=O)CCCNC(=O)c3ccc(F)cc3F)c2)c1. The number of amides is 2. The molecule has 2 amide bonds. The fourth-order valence-electron chi connectivity index (χ4n) is 3.10. The van der Waals surface area contributed by atoms with Crippen molar-refractivity contribution in [1.29, 1.82) is 0 Å². The van der Waals surface area contributed by atoms with Gasteiger partial charge in [-0.1, -0.05) is 24.0 Å². The molecule has 0 aliphatic rings. The number of benzene rings is 3. The number of ether oxygens (including phenoxy) is 1. The molecule has 0 radical (unpaired) electrons. The van der Waals surface area contributed by atoms with E-state index in [2.05, 4.69) is 22.5 Å². The fourth-order valence-corrected chi connectivity index (χ4v) is 3.10. The molecule has 0 bridgehead atoms. The second-order valence-corrected chi connectivity index (χ2v) is 7.43. The molecule has 0 heterocycles. The minimum atomic E-state index is -0.945. The zero-order valence-corrected chi connectivity index (χ0v) is 18.9. The van der Waals surface area contributed by atoms with Gasteiger partial charge in [0.25, 0.3) is 5.91 Å². The van der Waals surface area contributed by atoms with Crippen molar-refractivity contribution in [2.45, 2.75) is 12.8 Å². The normalized spacial score (nSPS) is 10.0. The second-order valence-electron chi connectivity index (χ2n) is 7.43. The minimum absolute atomic E-state index is 0.127. The number of hydrogen-bond donors (Lipinski definition) is 2. The lowest BCUT2D eigenvalue weighted by atomic mass is 10.1. The van der Waals surface area contributed by atoms with Gasteiger partial charge in [0.05, 0.1) is 18.2 Å². The van der Waals surface area contributed by atoms with Crippen molar-refractivity contribution in [3.05, 3.63) is 101 Å². The topological polar surface area (TPSA) is 84.5 Å². The Morgan fingerprint density at radius 2 is 1.63 bits per heavy atom. The number of rotatable bonds is 7. The Labute approximate surface area is 201 Å². The van der Waals surface area contributed by atoms with Crippen molar-refractivity contribution < 1.29 is 27.9 Å². The Morgan fingerprint density at radius 1 is 0.914 bits per heavy atom. The molecule has 0 saturated heterocycles. The molecule has 3 aromatic rings. The highest BCUT2D eigenvalue weighted by Crippen LogP contribution is 2.12. The summed E-state index contributed by atoms with van der Waals surface area (Å²) in [6, 6.07) is 16.4. The first kappa shape index (κ1) is 25.1. The van der Waals surface area contributed by atoms with Gasteiger partial charge in [-0.25, -0.2) is 13.6 Å². The third kappa shape index (κ3) is 7.51. The van der Waals surface area contributed by atoms with Crippen LogP contribution in [0.4, 0.5) is 14.5 Å². The maximum Gasteiger partial charge on any atom is 0.337 e. The van der Waals surface area contributed by atoms with E-state index in [-0.39, 0.29) is 24.4 Å². The molecule has 0 saturated carbocycles. The first-order chi connectivity index (χ1) is 16.9. The van der Waals surface area contributed by atoms with Crippen LogP contribution in [-0.2, 0) is 9.53 Å². The number of anilines is 1. The molecule has 0 spiro atoms. The van der Waals surface area contributed by atoms with Crippen LogP contribution in [0.3, 0.4) is 0 Å². The van der Waals surface area contributed by atoms with Crippen LogP contribution < -0.4 is 10.6 Å². The molecule has 35 heavy (non-hydrogen) atoms. The van der Waals surface area contributed by atoms with E-state index in [4.69, 9.17) is 4.74 Å². The monoisotopic (exact) mass is 476 g/mol. The van der Waals surface area contributed by atoms with Crippen molar-refractivity contribution in [3.63, 3.8) is 0 Å². The van der Waals surface area contributed by atoms with Crippen molar-refractivity contribution in [1.82, 2.24) is 5.32 Å². The summed E-state index contributed by atoms with van der Waals surface area (Å²) in [6.07, 6.45) is 0.457. The predicted octanol–water partition coefficient (Wildman–Crippen LogP) is 4.30. The molecule has 0 atom stereocenters. The van der Waals surface area contributed by atoms with Gasteiger partial charge in [-0.05, 0) is 55.0 Å². The number of hydrogen-bond acceptors (Lipinski definition) is 4. The van der Waals surface area contributed by atoms with E-state index in [0.717, 1.165) is 12.1 Å². The van der Waals surface area contributed by atoms with E-state index in [9.17, 15) is 23.2 Å². The standard InChI is InChI=1S/C27H22F2N2O4/c1-35-27(34)20-7-2-5-18(15-20)10-11-19-6-3-8-22(16-19)31-25(32)9-4-14-30-26(33)23-13-12-21(28)17-24(23)29/h2-3,5-8,12-13,15-17H,4,9,14H2,1H3,(H,30,33)(H,31,32). The molecular weight excluding hydrogens is 454 g/mol. The molecule has 0 fully saturated rings. The molecule has 6 nitrogen and oxygen atoms in total. The van der Waals surface area contributed by atoms with Crippen molar-refractivity contribution in [3.8, 4) is 11.8 Å². The van der Waals surface area contributed by atoms with Gasteiger partial charge in [0.15, 0.2) is 0 Å². The highest BCUT2D eigenvalue weighted by Gasteiger charge is 2.12. The van der Waals surface area contributed by atoms with E-state index in [1.165, 1.54) is 7.11 Å². The van der Waals surface area contributed by atoms with Gasteiger partial charge < -0.3 is 15.4 Å². The molecule has 0 aliphatic heterocycles. The quantitative estimate of drug-likeness (QED) is 0.303. The van der Waals surface area contributed by atoms with Gasteiger partial charge in [-0.2, -0.15) is 0 Å². The summed E-state index contributed by atoms with van der Waals surface area (Å²) < 4.78 is 31.3. The van der Waals surface area contributed by atoms with E-state index in [1.54, 1.807) is 48.5 Å². The molecule has 0 unspecified atom stereocenters. The smallest absolute Gasteiger partial charge is 0.337 e. The maximum atomic E-state index is 13.6. The van der Waals surface area contributed by atoms with Gasteiger partial charge in [0.2, 0.25) is 5.91 Å². The third-order valence-corrected chi connectivity index (χ3v) is 4.82. The Morgan fingerprint density at radius 3 is 2.34 bits per heavy atom. The minimum Gasteiger partial charge on any atom is -0.465 e. The summed E-state index contributed by atoms with van der Waals surface area (Å²) in [5.41, 5.74) is 2.01. The van der Waals surface area contributed by atoms with Crippen LogP contribution in [0.25, 0.3) is 0 Å². The molecule has 178 valence electrons. The van der Waals surface area contributed by atoms with E-state index < -0.39 is 23.5 Å². The summed E-state index contributed by atoms with van der Waals surface area (Å²) in [6.45, 7) is 0.152. The predicted molar refractivity (Wildman–Crippen MR) is 127 cm³/mol. The van der Waals surface area contributed by atoms with Crippen LogP contribution in [0.15, 0.2) is 66.7 Å². The average Bonchev–Trinajstić information content (AvgIpc) is 2.85. The first-order valence-electron chi connectivity index (χ1n) is 10.7. The Balaban J connectivity index is 1.50. The Hall–Kier alpha value is -4.51. The highest BCUT2D eigenvalue weighted by atomic mass is 19.1. The lowest BCUT2D eigenvalue weighted by molar-refractivity contribution is -0.116. The average molecular weight is 476 g/mol. The lowest BCUT2D eigenvalue weighted by Crippen LogP contribution is -2.26. The van der Waals surface area contributed by atoms with E-state index in [0.29, 0.717) is 34.9 Å². The molecular formula is C27H22F2N2O4. The molecule has 0 aliphatic carbocycles. The summed E-state index contributed by atoms with van der Waals surface area (Å²) >= 11 is 0. The summed E-state index contributed by atoms with van der Waals surface area (Å²) in [7, 11) is 1.31. The van der Waals surface area contributed by atoms with Crippen LogP contribution in [0.5, 0.6) is 0 Å². The van der Waals surface area contributed by atoms with E-state index in [1.807, 2.05) is 0 Å². The van der Waals surface area contributed by atoms with Crippen LogP contribution in [0.1, 0.15) is 44.7 Å². The molecule has 3 aromatic carbocycles. The van der Waals surface area contributed by atoms with Crippen LogP contribution in [0.2, 0.25) is 0 Å². The summed E-state index contributed by atoms with van der Waals surface area (Å²) in [4.78, 5) is 35.9. The van der Waals surface area contributed by atoms with Gasteiger partial charge >= 0.3 is 5.97 Å². The largest absolute Gasteiger partial charge is 0.465 e. The number of carbonyl (C=O) groups is 3. The number of halogens is 2. The van der Waals surface area contributed by atoms with Crippen LogP contribution in [0, 0.1) is 23.5 Å². The zero-order chi connectivity index (χ0) is 25.2. The number of esters is 1. The third-order valence-electron chi connectivity index (χ3n) is 4.82. The second kappa shape index (κ2) is 12.1. The van der Waals surface area contributed by atoms with Crippen LogP contribution in [-0.4, -0.2) is 31.4 Å². The van der Waals surface area contributed by atoms with Crippen molar-refractivity contribution in [2.75, 3.05) is 19.0 Å². The number of nitrogens with one attached hydrogen (secondary N) is 2. The van der Waals surface area contributed by atoms with Gasteiger partial charge in [-0.15, -0.1) is 0 Å². The van der Waals surface area contributed by atoms with E-state index >= 15 is 0 Å². The number of methoxy groups -OCH3 is 1. The molecule has 3 rings (SSSR count). The number of carbonyl (C=O) groups excluding carboxylic acids is 3. The molecule has 8 heteroatoms. The Bertz CT molecular complexity index is 1310. The fraction of sp³-hybridized carbons (Fsp3) is 0.148. The van der Waals surface area contributed by atoms with Gasteiger partial charge in [0.1, 0.15) is 11.6 Å². The summed E-state index contributed by atoms with van der Waals surface area (Å²) in [5.74, 6) is 2.88.